The van der Waals surface area contributed by atoms with Crippen molar-refractivity contribution >= 4 is 77.0 Å². The van der Waals surface area contributed by atoms with E-state index in [4.69, 9.17) is 26.5 Å². The van der Waals surface area contributed by atoms with Crippen LogP contribution in [-0.2, 0) is 68.7 Å². The highest BCUT2D eigenvalue weighted by Crippen LogP contribution is 2.13. The molecule has 0 aliphatic rings. The summed E-state index contributed by atoms with van der Waals surface area (Å²) in [5.74, 6) is -15.6. The zero-order valence-electron chi connectivity index (χ0n) is 38.2. The summed E-state index contributed by atoms with van der Waals surface area (Å²) >= 11 is 0. The molecule has 16 N–H and O–H groups in total. The smallest absolute Gasteiger partial charge is 0.481 e. The first kappa shape index (κ1) is 62.1. The summed E-state index contributed by atoms with van der Waals surface area (Å²) in [5.41, 5.74) is 11.3. The van der Waals surface area contributed by atoms with E-state index in [-0.39, 0.29) is 18.8 Å². The minimum Gasteiger partial charge on any atom is -0.481 e. The minimum atomic E-state index is -5.08. The van der Waals surface area contributed by atoms with Gasteiger partial charge in [-0.25, -0.2) is 4.79 Å². The number of alkyl halides is 3. The van der Waals surface area contributed by atoms with Gasteiger partial charge in [0.05, 0.1) is 39.0 Å². The molecular formula is C40H58F3N11O16. The van der Waals surface area contributed by atoms with Crippen molar-refractivity contribution in [1.82, 2.24) is 47.9 Å². The number of nitrogens with one attached hydrogen (secondary N) is 9. The largest absolute Gasteiger partial charge is 0.490 e. The standard InChI is InChI=1S/C38H57N11O14.C2HF3O2/c1-19(2)10-22(46-37(62)25(13-31(55)56)48-36(61)23(45-27(51)14-39)11-21-8-6-5-7-9-21)35(60)47-24(12-26(40)50)34(59)43-16-29(53)41-15-28(52)42-17-30(54)49-33(20(3)4)38(63)44-18-32(57)58;3-2(4,5)1(6)7/h5-9,19-20,22-25,33H,10-18,39H2,1-4H3,(H2,40,50)(H,41,53)(H,42,52)(H,43,59)(H,44,63)(H,45,51)(H,46,62)(H,47,60)(H,48,61)(H,49,54)(H,55,56)(H,57,58);(H,6,7). The molecule has 0 saturated carbocycles. The van der Waals surface area contributed by atoms with Crippen molar-refractivity contribution < 1.29 is 90.8 Å². The first-order chi connectivity index (χ1) is 32.5. The monoisotopic (exact) mass is 1010 g/mol. The lowest BCUT2D eigenvalue weighted by molar-refractivity contribution is -0.192. The Hall–Kier alpha value is -7.92. The molecule has 390 valence electrons. The molecule has 0 fully saturated rings. The molecular weight excluding hydrogens is 947 g/mol. The maximum absolute atomic E-state index is 13.5. The predicted octanol–water partition coefficient (Wildman–Crippen LogP) is -5.15. The Morgan fingerprint density at radius 3 is 1.46 bits per heavy atom. The number of carbonyl (C=O) groups is 13. The van der Waals surface area contributed by atoms with Crippen molar-refractivity contribution in [2.24, 2.45) is 23.3 Å². The van der Waals surface area contributed by atoms with Gasteiger partial charge in [-0.15, -0.1) is 0 Å². The second kappa shape index (κ2) is 31.2. The Balaban J connectivity index is 0.00000628. The molecule has 0 aliphatic carbocycles. The number of carbonyl (C=O) groups excluding carboxylic acids is 10. The minimum absolute atomic E-state index is 0.0538. The first-order valence-corrected chi connectivity index (χ1v) is 20.8. The lowest BCUT2D eigenvalue weighted by atomic mass is 10.0. The van der Waals surface area contributed by atoms with Crippen LogP contribution in [0.2, 0.25) is 0 Å². The SMILES string of the molecule is CC(C)CC(NC(=O)C(CC(=O)O)NC(=O)C(Cc1ccccc1)NC(=O)CN)C(=O)NC(CC(N)=O)C(=O)NCC(=O)NCC(=O)NCC(=O)NC(C(=O)NCC(=O)O)C(C)C.O=C(O)C(F)(F)F. The van der Waals surface area contributed by atoms with Crippen molar-refractivity contribution in [3.05, 3.63) is 35.9 Å². The van der Waals surface area contributed by atoms with Crippen LogP contribution >= 0.6 is 0 Å². The summed E-state index contributed by atoms with van der Waals surface area (Å²) in [6, 6.07) is 1.11. The maximum atomic E-state index is 13.5. The molecule has 5 unspecified atom stereocenters. The van der Waals surface area contributed by atoms with E-state index < -0.39 is 165 Å². The van der Waals surface area contributed by atoms with E-state index in [1.807, 2.05) is 0 Å². The molecule has 70 heavy (non-hydrogen) atoms. The van der Waals surface area contributed by atoms with Crippen LogP contribution in [0.15, 0.2) is 30.3 Å². The van der Waals surface area contributed by atoms with Crippen molar-refractivity contribution in [3.63, 3.8) is 0 Å². The maximum Gasteiger partial charge on any atom is 0.490 e. The van der Waals surface area contributed by atoms with Crippen molar-refractivity contribution in [1.29, 1.82) is 0 Å². The normalized spacial score (nSPS) is 12.9. The number of primary amides is 1. The summed E-state index contributed by atoms with van der Waals surface area (Å²) in [7, 11) is 0. The van der Waals surface area contributed by atoms with Crippen molar-refractivity contribution in [2.75, 3.05) is 32.7 Å². The van der Waals surface area contributed by atoms with Crippen LogP contribution in [0.1, 0.15) is 52.5 Å². The number of rotatable bonds is 28. The highest BCUT2D eigenvalue weighted by atomic mass is 19.4. The molecule has 0 aromatic heterocycles. The highest BCUT2D eigenvalue weighted by Gasteiger charge is 2.38. The van der Waals surface area contributed by atoms with Crippen LogP contribution in [0.5, 0.6) is 0 Å². The molecule has 0 spiro atoms. The number of hydrogen-bond donors (Lipinski definition) is 14. The molecule has 0 heterocycles. The van der Waals surface area contributed by atoms with Crippen LogP contribution in [0.25, 0.3) is 0 Å². The summed E-state index contributed by atoms with van der Waals surface area (Å²) in [6.07, 6.45) is -6.95. The first-order valence-electron chi connectivity index (χ1n) is 20.8. The molecule has 0 bridgehead atoms. The van der Waals surface area contributed by atoms with Gasteiger partial charge in [-0.2, -0.15) is 13.2 Å². The fourth-order valence-electron chi connectivity index (χ4n) is 5.43. The fourth-order valence-corrected chi connectivity index (χ4v) is 5.43. The van der Waals surface area contributed by atoms with E-state index in [9.17, 15) is 75.8 Å². The van der Waals surface area contributed by atoms with E-state index in [1.165, 1.54) is 0 Å². The number of aliphatic carboxylic acids is 3. The summed E-state index contributed by atoms with van der Waals surface area (Å²) in [5, 5.41) is 45.9. The molecule has 1 aromatic carbocycles. The van der Waals surface area contributed by atoms with Gasteiger partial charge in [-0.3, -0.25) is 57.5 Å². The third-order valence-corrected chi connectivity index (χ3v) is 8.75. The Bertz CT molecular complexity index is 2040. The molecule has 5 atom stereocenters. The van der Waals surface area contributed by atoms with Gasteiger partial charge >= 0.3 is 24.1 Å². The quantitative estimate of drug-likeness (QED) is 0.0373. The lowest BCUT2D eigenvalue weighted by Crippen LogP contribution is -2.59. The number of carboxylic acid groups (broad SMARTS) is 3. The van der Waals surface area contributed by atoms with E-state index in [2.05, 4.69) is 47.9 Å². The lowest BCUT2D eigenvalue weighted by Gasteiger charge is -2.26. The topological polar surface area (TPSA) is 443 Å². The zero-order chi connectivity index (χ0) is 53.9. The van der Waals surface area contributed by atoms with Crippen LogP contribution in [0.3, 0.4) is 0 Å². The molecule has 1 aromatic rings. The summed E-state index contributed by atoms with van der Waals surface area (Å²) in [6.45, 7) is 3.32. The molecule has 0 saturated heterocycles. The van der Waals surface area contributed by atoms with Crippen LogP contribution in [-0.4, -0.2) is 161 Å². The van der Waals surface area contributed by atoms with E-state index >= 15 is 0 Å². The number of halogens is 3. The number of benzene rings is 1. The van der Waals surface area contributed by atoms with Gasteiger partial charge in [0.1, 0.15) is 36.8 Å². The fraction of sp³-hybridized carbons (Fsp3) is 0.525. The number of amides is 10. The molecule has 0 aliphatic heterocycles. The summed E-state index contributed by atoms with van der Waals surface area (Å²) < 4.78 is 31.7. The van der Waals surface area contributed by atoms with Crippen molar-refractivity contribution in [3.8, 4) is 0 Å². The van der Waals surface area contributed by atoms with Gasteiger partial charge in [0.15, 0.2) is 0 Å². The average molecular weight is 1010 g/mol. The number of hydrogen-bond acceptors (Lipinski definition) is 14. The number of carboxylic acids is 3. The second-order valence-corrected chi connectivity index (χ2v) is 15.6. The number of nitrogens with two attached hydrogens (primary N) is 2. The predicted molar refractivity (Wildman–Crippen MR) is 233 cm³/mol. The Kier molecular flexibility index (Phi) is 27.7. The molecule has 27 nitrogen and oxygen atoms in total. The van der Waals surface area contributed by atoms with Gasteiger partial charge in [-0.05, 0) is 23.8 Å². The zero-order valence-corrected chi connectivity index (χ0v) is 38.2. The van der Waals surface area contributed by atoms with Crippen LogP contribution < -0.4 is 59.3 Å². The third-order valence-electron chi connectivity index (χ3n) is 8.75. The van der Waals surface area contributed by atoms with Gasteiger partial charge in [0.2, 0.25) is 59.1 Å². The highest BCUT2D eigenvalue weighted by molar-refractivity contribution is 5.98. The van der Waals surface area contributed by atoms with Crippen molar-refractivity contribution in [2.45, 2.75) is 89.8 Å². The molecule has 1 rings (SSSR count). The Labute approximate surface area is 396 Å². The second-order valence-electron chi connectivity index (χ2n) is 15.6. The van der Waals surface area contributed by atoms with E-state index in [0.29, 0.717) is 5.56 Å². The van der Waals surface area contributed by atoms with Gasteiger partial charge in [0.25, 0.3) is 0 Å². The molecule has 0 radical (unpaired) electrons. The summed E-state index contributed by atoms with van der Waals surface area (Å²) in [4.78, 5) is 158. The van der Waals surface area contributed by atoms with Gasteiger partial charge in [0, 0.05) is 6.42 Å². The molecule has 30 heteroatoms. The average Bonchev–Trinajstić information content (AvgIpc) is 3.26. The Morgan fingerprint density at radius 1 is 0.543 bits per heavy atom. The molecule has 10 amide bonds. The van der Waals surface area contributed by atoms with Crippen LogP contribution in [0.4, 0.5) is 13.2 Å². The third kappa shape index (κ3) is 27.0. The van der Waals surface area contributed by atoms with E-state index in [1.54, 1.807) is 58.0 Å². The van der Waals surface area contributed by atoms with Gasteiger partial charge < -0.3 is 74.6 Å². The Morgan fingerprint density at radius 2 is 1.00 bits per heavy atom. The van der Waals surface area contributed by atoms with E-state index in [0.717, 1.165) is 0 Å². The van der Waals surface area contributed by atoms with Crippen LogP contribution in [0, 0.1) is 11.8 Å². The van der Waals surface area contributed by atoms with Gasteiger partial charge in [-0.1, -0.05) is 58.0 Å².